The first kappa shape index (κ1) is 18.1. The van der Waals surface area contributed by atoms with Gasteiger partial charge >= 0.3 is 0 Å². The summed E-state index contributed by atoms with van der Waals surface area (Å²) in [6.07, 6.45) is -0.0606. The van der Waals surface area contributed by atoms with E-state index in [1.54, 1.807) is 12.1 Å². The Morgan fingerprint density at radius 3 is 1.57 bits per heavy atom. The zero-order valence-electron chi connectivity index (χ0n) is 13.2. The molecule has 0 bridgehead atoms. The highest BCUT2D eigenvalue weighted by atomic mass is 16.2. The first-order valence-electron chi connectivity index (χ1n) is 7.14. The lowest BCUT2D eigenvalue weighted by molar-refractivity contribution is -0.124. The maximum absolute atomic E-state index is 11.1. The van der Waals surface area contributed by atoms with Crippen LogP contribution in [-0.2, 0) is 14.4 Å². The van der Waals surface area contributed by atoms with Gasteiger partial charge in [-0.2, -0.15) is 0 Å². The van der Waals surface area contributed by atoms with Crippen molar-refractivity contribution in [2.45, 2.75) is 20.3 Å². The number of hydrogen-bond acceptors (Lipinski definition) is 3. The van der Waals surface area contributed by atoms with E-state index in [1.165, 1.54) is 13.8 Å². The summed E-state index contributed by atoms with van der Waals surface area (Å²) in [5.74, 6) is -0.432. The first-order chi connectivity index (χ1) is 11.0. The van der Waals surface area contributed by atoms with Gasteiger partial charge in [0, 0.05) is 18.3 Å². The van der Waals surface area contributed by atoms with E-state index in [2.05, 4.69) is 10.6 Å². The van der Waals surface area contributed by atoms with Crippen LogP contribution in [0, 0.1) is 0 Å². The van der Waals surface area contributed by atoms with Gasteiger partial charge in [0.15, 0.2) is 0 Å². The SMILES string of the molecule is CC(=O)CC(=O)Nc1ccccc1.CC(=O)Nc1ccccc1. The maximum atomic E-state index is 11.1. The molecule has 0 saturated heterocycles. The van der Waals surface area contributed by atoms with Crippen LogP contribution < -0.4 is 10.6 Å². The number of benzene rings is 2. The summed E-state index contributed by atoms with van der Waals surface area (Å²) < 4.78 is 0. The summed E-state index contributed by atoms with van der Waals surface area (Å²) in [6, 6.07) is 18.4. The molecule has 0 radical (unpaired) electrons. The van der Waals surface area contributed by atoms with Crippen molar-refractivity contribution in [3.63, 3.8) is 0 Å². The van der Waals surface area contributed by atoms with Crippen LogP contribution in [0.25, 0.3) is 0 Å². The Morgan fingerprint density at radius 1 is 0.739 bits per heavy atom. The lowest BCUT2D eigenvalue weighted by Gasteiger charge is -2.01. The van der Waals surface area contributed by atoms with E-state index in [-0.39, 0.29) is 24.0 Å². The predicted octanol–water partition coefficient (Wildman–Crippen LogP) is 3.25. The Balaban J connectivity index is 0.000000238. The number of ketones is 1. The van der Waals surface area contributed by atoms with E-state index >= 15 is 0 Å². The monoisotopic (exact) mass is 312 g/mol. The topological polar surface area (TPSA) is 75.3 Å². The zero-order valence-corrected chi connectivity index (χ0v) is 13.2. The lowest BCUT2D eigenvalue weighted by Crippen LogP contribution is -2.14. The fourth-order valence-electron chi connectivity index (χ4n) is 1.68. The third-order valence-electron chi connectivity index (χ3n) is 2.56. The van der Waals surface area contributed by atoms with Crippen LogP contribution in [0.4, 0.5) is 11.4 Å². The van der Waals surface area contributed by atoms with Gasteiger partial charge in [0.25, 0.3) is 0 Å². The largest absolute Gasteiger partial charge is 0.326 e. The third-order valence-corrected chi connectivity index (χ3v) is 2.56. The average Bonchev–Trinajstić information content (AvgIpc) is 2.48. The highest BCUT2D eigenvalue weighted by Crippen LogP contribution is 2.05. The number of para-hydroxylation sites is 2. The van der Waals surface area contributed by atoms with E-state index in [4.69, 9.17) is 0 Å². The van der Waals surface area contributed by atoms with Crippen molar-refractivity contribution in [1.82, 2.24) is 0 Å². The summed E-state index contributed by atoms with van der Waals surface area (Å²) in [7, 11) is 0. The molecule has 2 N–H and O–H groups in total. The number of anilines is 2. The number of Topliss-reactive ketones (excluding diaryl/α,β-unsaturated/α-hetero) is 1. The highest BCUT2D eigenvalue weighted by molar-refractivity contribution is 6.03. The van der Waals surface area contributed by atoms with Gasteiger partial charge in [0.1, 0.15) is 5.78 Å². The number of rotatable bonds is 4. The minimum absolute atomic E-state index is 0.0359. The van der Waals surface area contributed by atoms with E-state index < -0.39 is 0 Å². The minimum atomic E-state index is -0.265. The normalized spacial score (nSPS) is 9.13. The van der Waals surface area contributed by atoms with Gasteiger partial charge in [-0.1, -0.05) is 36.4 Å². The first-order valence-corrected chi connectivity index (χ1v) is 7.14. The Labute approximate surface area is 135 Å². The van der Waals surface area contributed by atoms with Crippen molar-refractivity contribution in [1.29, 1.82) is 0 Å². The lowest BCUT2D eigenvalue weighted by atomic mass is 10.2. The second-order valence-electron chi connectivity index (χ2n) is 4.84. The summed E-state index contributed by atoms with van der Waals surface area (Å²) in [5, 5.41) is 5.28. The van der Waals surface area contributed by atoms with E-state index in [1.807, 2.05) is 48.5 Å². The molecule has 0 unspecified atom stereocenters. The smallest absolute Gasteiger partial charge is 0.231 e. The summed E-state index contributed by atoms with van der Waals surface area (Å²) in [6.45, 7) is 2.89. The molecule has 0 aliphatic rings. The van der Waals surface area contributed by atoms with Crippen molar-refractivity contribution >= 4 is 29.0 Å². The molecular formula is C18H20N2O3. The van der Waals surface area contributed by atoms with Crippen LogP contribution in [0.3, 0.4) is 0 Å². The second-order valence-corrected chi connectivity index (χ2v) is 4.84. The third kappa shape index (κ3) is 8.83. The van der Waals surface area contributed by atoms with Crippen molar-refractivity contribution in [2.24, 2.45) is 0 Å². The Bertz CT molecular complexity index is 640. The van der Waals surface area contributed by atoms with Crippen LogP contribution in [0.1, 0.15) is 20.3 Å². The molecule has 2 amide bonds. The zero-order chi connectivity index (χ0) is 17.1. The molecule has 2 rings (SSSR count). The van der Waals surface area contributed by atoms with Crippen LogP contribution in [0.2, 0.25) is 0 Å². The van der Waals surface area contributed by atoms with Crippen molar-refractivity contribution in [2.75, 3.05) is 10.6 Å². The standard InChI is InChI=1S/C10H11NO2.C8H9NO/c1-8(12)7-10(13)11-9-5-3-2-4-6-9;1-7(10)9-8-5-3-2-4-6-8/h2-6H,7H2,1H3,(H,11,13);2-6H,1H3,(H,9,10). The molecular weight excluding hydrogens is 292 g/mol. The molecule has 23 heavy (non-hydrogen) atoms. The predicted molar refractivity (Wildman–Crippen MR) is 91.1 cm³/mol. The van der Waals surface area contributed by atoms with Crippen molar-refractivity contribution in [3.8, 4) is 0 Å². The number of carbonyl (C=O) groups is 3. The molecule has 0 heterocycles. The van der Waals surface area contributed by atoms with Gasteiger partial charge in [-0.15, -0.1) is 0 Å². The summed E-state index contributed by atoms with van der Waals surface area (Å²) in [5.41, 5.74) is 1.56. The fraction of sp³-hybridized carbons (Fsp3) is 0.167. The number of hydrogen-bond donors (Lipinski definition) is 2. The molecule has 0 saturated carbocycles. The molecule has 0 spiro atoms. The van der Waals surface area contributed by atoms with Crippen LogP contribution in [0.15, 0.2) is 60.7 Å². The molecule has 0 aliphatic heterocycles. The van der Waals surface area contributed by atoms with Crippen molar-refractivity contribution < 1.29 is 14.4 Å². The average molecular weight is 312 g/mol. The molecule has 0 fully saturated rings. The highest BCUT2D eigenvalue weighted by Gasteiger charge is 2.04. The van der Waals surface area contributed by atoms with Gasteiger partial charge < -0.3 is 10.6 Å². The number of carbonyl (C=O) groups excluding carboxylic acids is 3. The summed E-state index contributed by atoms with van der Waals surface area (Å²) in [4.78, 5) is 32.2. The Hall–Kier alpha value is -2.95. The van der Waals surface area contributed by atoms with Gasteiger partial charge in [-0.3, -0.25) is 14.4 Å². The van der Waals surface area contributed by atoms with E-state index in [9.17, 15) is 14.4 Å². The maximum Gasteiger partial charge on any atom is 0.231 e. The minimum Gasteiger partial charge on any atom is -0.326 e. The Kier molecular flexibility index (Phi) is 7.78. The van der Waals surface area contributed by atoms with E-state index in [0.717, 1.165) is 5.69 Å². The molecule has 2 aromatic carbocycles. The quantitative estimate of drug-likeness (QED) is 0.851. The Morgan fingerprint density at radius 2 is 1.17 bits per heavy atom. The van der Waals surface area contributed by atoms with Gasteiger partial charge in [-0.25, -0.2) is 0 Å². The van der Waals surface area contributed by atoms with E-state index in [0.29, 0.717) is 5.69 Å². The van der Waals surface area contributed by atoms with Crippen molar-refractivity contribution in [3.05, 3.63) is 60.7 Å². The van der Waals surface area contributed by atoms with Gasteiger partial charge in [0.2, 0.25) is 11.8 Å². The van der Waals surface area contributed by atoms with Crippen LogP contribution in [0.5, 0.6) is 0 Å². The molecule has 0 atom stereocenters. The molecule has 0 aliphatic carbocycles. The molecule has 120 valence electrons. The van der Waals surface area contributed by atoms with Gasteiger partial charge in [-0.05, 0) is 31.2 Å². The second kappa shape index (κ2) is 9.89. The number of amides is 2. The molecule has 5 nitrogen and oxygen atoms in total. The van der Waals surface area contributed by atoms with Crippen LogP contribution in [-0.4, -0.2) is 17.6 Å². The van der Waals surface area contributed by atoms with Gasteiger partial charge in [0.05, 0.1) is 6.42 Å². The summed E-state index contributed by atoms with van der Waals surface area (Å²) >= 11 is 0. The fourth-order valence-corrected chi connectivity index (χ4v) is 1.68. The molecule has 2 aromatic rings. The molecule has 5 heteroatoms. The molecule has 0 aromatic heterocycles. The number of nitrogens with one attached hydrogen (secondary N) is 2. The van der Waals surface area contributed by atoms with Crippen LogP contribution >= 0.6 is 0 Å².